The van der Waals surface area contributed by atoms with Crippen molar-refractivity contribution >= 4 is 0 Å². The van der Waals surface area contributed by atoms with Gasteiger partial charge in [-0.1, -0.05) is 12.8 Å². The number of nitrogens with zero attached hydrogens (tertiary/aromatic N) is 1. The number of rotatable bonds is 2. The maximum absolute atomic E-state index is 5.83. The van der Waals surface area contributed by atoms with Crippen molar-refractivity contribution in [1.82, 2.24) is 10.2 Å². The van der Waals surface area contributed by atoms with Crippen LogP contribution in [0.15, 0.2) is 0 Å². The van der Waals surface area contributed by atoms with Gasteiger partial charge in [-0.05, 0) is 45.4 Å². The molecule has 0 aromatic carbocycles. The van der Waals surface area contributed by atoms with E-state index < -0.39 is 0 Å². The second-order valence-electron chi connectivity index (χ2n) is 7.07. The highest BCUT2D eigenvalue weighted by Gasteiger charge is 2.33. The van der Waals surface area contributed by atoms with Gasteiger partial charge in [0, 0.05) is 31.7 Å². The van der Waals surface area contributed by atoms with E-state index >= 15 is 0 Å². The van der Waals surface area contributed by atoms with Crippen LogP contribution in [0.5, 0.6) is 0 Å². The highest BCUT2D eigenvalue weighted by atomic mass is 16.5. The van der Waals surface area contributed by atoms with E-state index in [4.69, 9.17) is 4.74 Å². The molecule has 0 spiro atoms. The Balaban J connectivity index is 1.50. The van der Waals surface area contributed by atoms with E-state index in [0.29, 0.717) is 12.2 Å². The molecule has 2 heterocycles. The first-order valence-corrected chi connectivity index (χ1v) is 8.34. The third-order valence-electron chi connectivity index (χ3n) is 5.22. The summed E-state index contributed by atoms with van der Waals surface area (Å²) >= 11 is 0. The maximum atomic E-state index is 5.83. The molecule has 1 saturated carbocycles. The molecular weight excluding hydrogens is 236 g/mol. The number of piperidine rings is 1. The highest BCUT2D eigenvalue weighted by molar-refractivity contribution is 4.91. The van der Waals surface area contributed by atoms with Gasteiger partial charge < -0.3 is 10.1 Å². The number of ether oxygens (including phenoxy) is 1. The molecule has 3 heteroatoms. The lowest BCUT2D eigenvalue weighted by atomic mass is 9.77. The molecule has 0 bridgehead atoms. The molecule has 1 aliphatic carbocycles. The third kappa shape index (κ3) is 3.50. The second-order valence-corrected chi connectivity index (χ2v) is 7.07. The minimum Gasteiger partial charge on any atom is -0.373 e. The summed E-state index contributed by atoms with van der Waals surface area (Å²) in [4.78, 5) is 2.61. The number of morpholine rings is 1. The van der Waals surface area contributed by atoms with E-state index in [9.17, 15) is 0 Å². The number of fused-ring (bicyclic) bond motifs is 1. The molecule has 1 N–H and O–H groups in total. The molecule has 3 fully saturated rings. The number of hydrogen-bond acceptors (Lipinski definition) is 3. The SMILES string of the molecule is C[C@@H]1CN(CC2CCC3CCCCC3N2)C[C@H](C)O1. The molecule has 2 saturated heterocycles. The van der Waals surface area contributed by atoms with Crippen molar-refractivity contribution in [3.63, 3.8) is 0 Å². The Bertz CT molecular complexity index is 286. The average Bonchev–Trinajstić information content (AvgIpc) is 2.37. The normalized spacial score (nSPS) is 44.8. The largest absolute Gasteiger partial charge is 0.373 e. The summed E-state index contributed by atoms with van der Waals surface area (Å²) in [6.45, 7) is 7.84. The molecule has 3 nitrogen and oxygen atoms in total. The van der Waals surface area contributed by atoms with Crippen molar-refractivity contribution in [3.05, 3.63) is 0 Å². The molecule has 2 aliphatic heterocycles. The van der Waals surface area contributed by atoms with E-state index in [1.54, 1.807) is 0 Å². The van der Waals surface area contributed by atoms with Crippen molar-refractivity contribution in [3.8, 4) is 0 Å². The van der Waals surface area contributed by atoms with Crippen LogP contribution in [0, 0.1) is 5.92 Å². The van der Waals surface area contributed by atoms with E-state index in [1.807, 2.05) is 0 Å². The maximum Gasteiger partial charge on any atom is 0.0678 e. The fourth-order valence-electron chi connectivity index (χ4n) is 4.46. The molecule has 3 rings (SSSR count). The van der Waals surface area contributed by atoms with Crippen LogP contribution in [0.3, 0.4) is 0 Å². The first kappa shape index (κ1) is 13.8. The van der Waals surface area contributed by atoms with Crippen LogP contribution in [0.25, 0.3) is 0 Å². The summed E-state index contributed by atoms with van der Waals surface area (Å²) in [7, 11) is 0. The van der Waals surface area contributed by atoms with Crippen molar-refractivity contribution in [2.24, 2.45) is 5.92 Å². The molecule has 110 valence electrons. The Kier molecular flexibility index (Phi) is 4.45. The van der Waals surface area contributed by atoms with Crippen LogP contribution >= 0.6 is 0 Å². The monoisotopic (exact) mass is 266 g/mol. The molecule has 5 atom stereocenters. The Morgan fingerprint density at radius 1 is 1.00 bits per heavy atom. The minimum absolute atomic E-state index is 0.398. The smallest absolute Gasteiger partial charge is 0.0678 e. The summed E-state index contributed by atoms with van der Waals surface area (Å²) in [5.41, 5.74) is 0. The van der Waals surface area contributed by atoms with Gasteiger partial charge in [0.25, 0.3) is 0 Å². The first-order valence-electron chi connectivity index (χ1n) is 8.34. The van der Waals surface area contributed by atoms with Crippen LogP contribution < -0.4 is 5.32 Å². The minimum atomic E-state index is 0.398. The third-order valence-corrected chi connectivity index (χ3v) is 5.22. The fourth-order valence-corrected chi connectivity index (χ4v) is 4.46. The predicted octanol–water partition coefficient (Wildman–Crippen LogP) is 2.41. The van der Waals surface area contributed by atoms with Crippen LogP contribution in [-0.4, -0.2) is 48.8 Å². The summed E-state index contributed by atoms with van der Waals surface area (Å²) in [5, 5.41) is 3.95. The lowest BCUT2D eigenvalue weighted by Crippen LogP contribution is -2.55. The lowest BCUT2D eigenvalue weighted by molar-refractivity contribution is -0.0713. The van der Waals surface area contributed by atoms with E-state index in [1.165, 1.54) is 45.1 Å². The summed E-state index contributed by atoms with van der Waals surface area (Å²) in [6, 6.07) is 1.54. The molecule has 0 radical (unpaired) electrons. The molecule has 0 amide bonds. The highest BCUT2D eigenvalue weighted by Crippen LogP contribution is 2.32. The van der Waals surface area contributed by atoms with Crippen LogP contribution in [0.1, 0.15) is 52.4 Å². The van der Waals surface area contributed by atoms with Crippen LogP contribution in [0.4, 0.5) is 0 Å². The number of nitrogens with one attached hydrogen (secondary N) is 1. The van der Waals surface area contributed by atoms with Crippen LogP contribution in [-0.2, 0) is 4.74 Å². The molecule has 3 unspecified atom stereocenters. The van der Waals surface area contributed by atoms with Gasteiger partial charge in [0.2, 0.25) is 0 Å². The van der Waals surface area contributed by atoms with E-state index in [-0.39, 0.29) is 0 Å². The second kappa shape index (κ2) is 6.11. The van der Waals surface area contributed by atoms with Gasteiger partial charge in [-0.2, -0.15) is 0 Å². The topological polar surface area (TPSA) is 24.5 Å². The van der Waals surface area contributed by atoms with Crippen LogP contribution in [0.2, 0.25) is 0 Å². The van der Waals surface area contributed by atoms with Gasteiger partial charge in [-0.25, -0.2) is 0 Å². The van der Waals surface area contributed by atoms with E-state index in [0.717, 1.165) is 31.1 Å². The lowest BCUT2D eigenvalue weighted by Gasteiger charge is -2.43. The van der Waals surface area contributed by atoms with Gasteiger partial charge in [-0.3, -0.25) is 4.90 Å². The zero-order valence-corrected chi connectivity index (χ0v) is 12.6. The zero-order valence-electron chi connectivity index (χ0n) is 12.6. The fraction of sp³-hybridized carbons (Fsp3) is 1.00. The van der Waals surface area contributed by atoms with Crippen molar-refractivity contribution < 1.29 is 4.74 Å². The van der Waals surface area contributed by atoms with E-state index in [2.05, 4.69) is 24.1 Å². The summed E-state index contributed by atoms with van der Waals surface area (Å²) in [6.07, 6.45) is 9.41. The Morgan fingerprint density at radius 3 is 2.53 bits per heavy atom. The molecule has 0 aromatic rings. The summed E-state index contributed by atoms with van der Waals surface area (Å²) in [5.74, 6) is 0.979. The summed E-state index contributed by atoms with van der Waals surface area (Å²) < 4.78 is 5.83. The van der Waals surface area contributed by atoms with Gasteiger partial charge in [0.15, 0.2) is 0 Å². The quantitative estimate of drug-likeness (QED) is 0.830. The molecule has 19 heavy (non-hydrogen) atoms. The molecular formula is C16H30N2O. The van der Waals surface area contributed by atoms with Gasteiger partial charge in [0.05, 0.1) is 12.2 Å². The predicted molar refractivity (Wildman–Crippen MR) is 78.4 cm³/mol. The van der Waals surface area contributed by atoms with Crippen molar-refractivity contribution in [1.29, 1.82) is 0 Å². The van der Waals surface area contributed by atoms with Gasteiger partial charge in [0.1, 0.15) is 0 Å². The Morgan fingerprint density at radius 2 is 1.74 bits per heavy atom. The first-order chi connectivity index (χ1) is 9.20. The molecule has 3 aliphatic rings. The van der Waals surface area contributed by atoms with Crippen molar-refractivity contribution in [2.75, 3.05) is 19.6 Å². The average molecular weight is 266 g/mol. The molecule has 0 aromatic heterocycles. The number of hydrogen-bond donors (Lipinski definition) is 1. The Labute approximate surface area is 118 Å². The standard InChI is InChI=1S/C16H30N2O/c1-12-9-18(10-13(2)19-12)11-15-8-7-14-5-3-4-6-16(14)17-15/h12-17H,3-11H2,1-2H3/t12-,13+,14?,15?,16?. The zero-order chi connectivity index (χ0) is 13.2. The Hall–Kier alpha value is -0.120. The van der Waals surface area contributed by atoms with Gasteiger partial charge >= 0.3 is 0 Å². The van der Waals surface area contributed by atoms with Crippen molar-refractivity contribution in [2.45, 2.75) is 76.7 Å². The van der Waals surface area contributed by atoms with Gasteiger partial charge in [-0.15, -0.1) is 0 Å².